The maximum Gasteiger partial charge on any atom is 0.374 e. The van der Waals surface area contributed by atoms with E-state index in [1.54, 1.807) is 43.3 Å². The number of hydrogen-bond acceptors (Lipinski definition) is 6. The largest absolute Gasteiger partial charge is 0.455 e. The Morgan fingerprint density at radius 1 is 1.00 bits per heavy atom. The van der Waals surface area contributed by atoms with Crippen molar-refractivity contribution in [2.45, 2.75) is 13.5 Å². The molecule has 140 valence electrons. The van der Waals surface area contributed by atoms with E-state index < -0.39 is 11.6 Å². The van der Waals surface area contributed by atoms with Crippen LogP contribution in [0, 0.1) is 6.92 Å². The van der Waals surface area contributed by atoms with Gasteiger partial charge in [-0.15, -0.1) is 0 Å². The predicted octanol–water partition coefficient (Wildman–Crippen LogP) is 4.22. The first kappa shape index (κ1) is 18.0. The number of hydrogen-bond donors (Lipinski definition) is 0. The van der Waals surface area contributed by atoms with Crippen molar-refractivity contribution in [1.82, 2.24) is 0 Å². The number of ether oxygens (including phenoxy) is 1. The van der Waals surface area contributed by atoms with Gasteiger partial charge < -0.3 is 13.6 Å². The highest BCUT2D eigenvalue weighted by atomic mass is 35.5. The molecule has 0 aliphatic heterocycles. The normalized spacial score (nSPS) is 11.1. The lowest BCUT2D eigenvalue weighted by Crippen LogP contribution is -2.11. The van der Waals surface area contributed by atoms with Crippen LogP contribution in [-0.4, -0.2) is 5.97 Å². The van der Waals surface area contributed by atoms with Crippen molar-refractivity contribution in [3.63, 3.8) is 0 Å². The molecule has 0 aliphatic rings. The van der Waals surface area contributed by atoms with Gasteiger partial charge in [0.25, 0.3) is 0 Å². The summed E-state index contributed by atoms with van der Waals surface area (Å²) in [5.74, 6) is -1.03. The number of benzene rings is 2. The van der Waals surface area contributed by atoms with Crippen LogP contribution >= 0.6 is 11.6 Å². The minimum absolute atomic E-state index is 0.211. The Hall–Kier alpha value is -3.38. The summed E-state index contributed by atoms with van der Waals surface area (Å²) >= 11 is 6.15. The second-order valence-electron chi connectivity index (χ2n) is 6.24. The highest BCUT2D eigenvalue weighted by molar-refractivity contribution is 6.32. The van der Waals surface area contributed by atoms with Gasteiger partial charge in [-0.05, 0) is 36.8 Å². The zero-order chi connectivity index (χ0) is 19.8. The van der Waals surface area contributed by atoms with E-state index >= 15 is 0 Å². The summed E-state index contributed by atoms with van der Waals surface area (Å²) in [7, 11) is 0. The summed E-state index contributed by atoms with van der Waals surface area (Å²) in [6.45, 7) is 1.58. The summed E-state index contributed by atoms with van der Waals surface area (Å²) in [4.78, 5) is 36.3. The fraction of sp³-hybridized carbons (Fsp3) is 0.0952. The zero-order valence-electron chi connectivity index (χ0n) is 14.7. The number of rotatable bonds is 3. The number of esters is 1. The van der Waals surface area contributed by atoms with E-state index in [0.29, 0.717) is 26.9 Å². The molecule has 0 saturated carbocycles. The molecule has 0 fully saturated rings. The molecule has 2 aromatic heterocycles. The van der Waals surface area contributed by atoms with Crippen LogP contribution < -0.4 is 11.1 Å². The van der Waals surface area contributed by atoms with Crippen molar-refractivity contribution < 1.29 is 18.4 Å². The third-order valence-corrected chi connectivity index (χ3v) is 4.71. The first-order valence-corrected chi connectivity index (χ1v) is 8.73. The number of carbonyl (C=O) groups is 1. The highest BCUT2D eigenvalue weighted by Gasteiger charge is 2.16. The maximum atomic E-state index is 12.4. The van der Waals surface area contributed by atoms with E-state index in [1.165, 1.54) is 6.07 Å². The Morgan fingerprint density at radius 3 is 2.61 bits per heavy atom. The topological polar surface area (TPSA) is 86.7 Å². The predicted molar refractivity (Wildman–Crippen MR) is 104 cm³/mol. The van der Waals surface area contributed by atoms with E-state index in [0.717, 1.165) is 11.6 Å². The van der Waals surface area contributed by atoms with E-state index in [-0.39, 0.29) is 23.4 Å². The van der Waals surface area contributed by atoms with Gasteiger partial charge in [-0.2, -0.15) is 0 Å². The molecule has 0 N–H and O–H groups in total. The van der Waals surface area contributed by atoms with Gasteiger partial charge in [-0.25, -0.2) is 9.59 Å². The van der Waals surface area contributed by atoms with Gasteiger partial charge in [0.2, 0.25) is 5.76 Å². The standard InChI is InChI=1S/C21H13ClO6/c1-11-6-18-14(8-15(11)22)12(7-20(24)28-18)10-26-21(25)19-9-16(23)13-4-2-3-5-17(13)27-19/h2-9H,10H2,1H3. The van der Waals surface area contributed by atoms with Gasteiger partial charge in [-0.1, -0.05) is 23.7 Å². The van der Waals surface area contributed by atoms with Crippen molar-refractivity contribution in [2.24, 2.45) is 0 Å². The van der Waals surface area contributed by atoms with Crippen molar-refractivity contribution in [1.29, 1.82) is 0 Å². The van der Waals surface area contributed by atoms with E-state index in [1.807, 2.05) is 0 Å². The fourth-order valence-corrected chi connectivity index (χ4v) is 3.05. The molecule has 0 aliphatic carbocycles. The number of halogens is 1. The quantitative estimate of drug-likeness (QED) is 0.380. The average Bonchev–Trinajstić information content (AvgIpc) is 2.67. The van der Waals surface area contributed by atoms with Gasteiger partial charge >= 0.3 is 11.6 Å². The van der Waals surface area contributed by atoms with Gasteiger partial charge in [0.15, 0.2) is 5.43 Å². The van der Waals surface area contributed by atoms with Crippen molar-refractivity contribution >= 4 is 39.5 Å². The molecule has 0 amide bonds. The summed E-state index contributed by atoms with van der Waals surface area (Å²) in [5, 5.41) is 1.42. The highest BCUT2D eigenvalue weighted by Crippen LogP contribution is 2.25. The first-order chi connectivity index (χ1) is 13.4. The summed E-state index contributed by atoms with van der Waals surface area (Å²) in [6, 6.07) is 12.2. The lowest BCUT2D eigenvalue weighted by Gasteiger charge is -2.08. The lowest BCUT2D eigenvalue weighted by molar-refractivity contribution is 0.0438. The Kier molecular flexibility index (Phi) is 4.49. The van der Waals surface area contributed by atoms with Crippen LogP contribution in [0.3, 0.4) is 0 Å². The van der Waals surface area contributed by atoms with Gasteiger partial charge in [0.05, 0.1) is 5.39 Å². The second-order valence-corrected chi connectivity index (χ2v) is 6.64. The first-order valence-electron chi connectivity index (χ1n) is 8.35. The smallest absolute Gasteiger partial charge is 0.374 e. The molecule has 4 aromatic rings. The molecule has 0 atom stereocenters. The van der Waals surface area contributed by atoms with Crippen molar-refractivity contribution in [2.75, 3.05) is 0 Å². The Morgan fingerprint density at radius 2 is 1.79 bits per heavy atom. The Bertz CT molecular complexity index is 1350. The van der Waals surface area contributed by atoms with E-state index in [9.17, 15) is 14.4 Å². The summed E-state index contributed by atoms with van der Waals surface area (Å²) in [6.07, 6.45) is 0. The molecular weight excluding hydrogens is 384 g/mol. The van der Waals surface area contributed by atoms with Crippen LogP contribution in [0.2, 0.25) is 5.02 Å². The van der Waals surface area contributed by atoms with Crippen LogP contribution in [0.15, 0.2) is 67.0 Å². The van der Waals surface area contributed by atoms with Crippen molar-refractivity contribution in [3.05, 3.63) is 91.1 Å². The summed E-state index contributed by atoms with van der Waals surface area (Å²) in [5.41, 5.74) is 0.904. The third-order valence-electron chi connectivity index (χ3n) is 4.30. The molecule has 0 unspecified atom stereocenters. The zero-order valence-corrected chi connectivity index (χ0v) is 15.4. The molecule has 0 saturated heterocycles. The van der Waals surface area contributed by atoms with Crippen LogP contribution in [0.1, 0.15) is 21.7 Å². The number of aryl methyl sites for hydroxylation is 1. The fourth-order valence-electron chi connectivity index (χ4n) is 2.89. The minimum Gasteiger partial charge on any atom is -0.455 e. The number of carbonyl (C=O) groups excluding carboxylic acids is 1. The molecule has 0 bridgehead atoms. The molecule has 28 heavy (non-hydrogen) atoms. The van der Waals surface area contributed by atoms with Gasteiger partial charge in [0.1, 0.15) is 17.8 Å². The molecule has 2 heterocycles. The number of fused-ring (bicyclic) bond motifs is 2. The molecule has 0 spiro atoms. The number of para-hydroxylation sites is 1. The van der Waals surface area contributed by atoms with Gasteiger partial charge in [-0.3, -0.25) is 4.79 Å². The molecule has 7 heteroatoms. The Balaban J connectivity index is 1.66. The average molecular weight is 397 g/mol. The van der Waals surface area contributed by atoms with Gasteiger partial charge in [0, 0.05) is 28.1 Å². The monoisotopic (exact) mass is 396 g/mol. The van der Waals surface area contributed by atoms with Crippen molar-refractivity contribution in [3.8, 4) is 0 Å². The van der Waals surface area contributed by atoms with E-state index in [2.05, 4.69) is 0 Å². The molecular formula is C21H13ClO6. The minimum atomic E-state index is -0.817. The molecule has 6 nitrogen and oxygen atoms in total. The maximum absolute atomic E-state index is 12.4. The molecule has 2 aromatic carbocycles. The SMILES string of the molecule is Cc1cc2oc(=O)cc(COC(=O)c3cc(=O)c4ccccc4o3)c2cc1Cl. The van der Waals surface area contributed by atoms with Crippen LogP contribution in [0.25, 0.3) is 21.9 Å². The summed E-state index contributed by atoms with van der Waals surface area (Å²) < 4.78 is 15.9. The van der Waals surface area contributed by atoms with Crippen LogP contribution in [-0.2, 0) is 11.3 Å². The van der Waals surface area contributed by atoms with Crippen LogP contribution in [0.4, 0.5) is 0 Å². The molecule has 0 radical (unpaired) electrons. The van der Waals surface area contributed by atoms with E-state index in [4.69, 9.17) is 25.2 Å². The third kappa shape index (κ3) is 3.30. The lowest BCUT2D eigenvalue weighted by atomic mass is 10.1. The molecule has 4 rings (SSSR count). The van der Waals surface area contributed by atoms with Crippen LogP contribution in [0.5, 0.6) is 0 Å². The second kappa shape index (κ2) is 6.98. The Labute approximate surface area is 162 Å².